The normalized spacial score (nSPS) is 10.4. The number of unbranched alkanes of at least 4 members (excludes halogenated alkanes) is 1. The Labute approximate surface area is 131 Å². The van der Waals surface area contributed by atoms with Crippen LogP contribution < -0.4 is 5.32 Å². The van der Waals surface area contributed by atoms with E-state index in [0.29, 0.717) is 10.7 Å². The number of anilines is 1. The first-order valence-corrected chi connectivity index (χ1v) is 7.76. The van der Waals surface area contributed by atoms with Crippen LogP contribution >= 0.6 is 11.3 Å². The first-order chi connectivity index (χ1) is 10.6. The number of aromatic nitrogens is 2. The minimum absolute atomic E-state index is 0.0569. The third kappa shape index (κ3) is 4.32. The minimum atomic E-state index is -0.490. The molecule has 1 aromatic carbocycles. The maximum atomic E-state index is 12.0. The van der Waals surface area contributed by atoms with Crippen molar-refractivity contribution in [1.82, 2.24) is 10.2 Å². The average molecular weight is 320 g/mol. The fourth-order valence-electron chi connectivity index (χ4n) is 1.91. The smallest absolute Gasteiger partial charge is 0.273 e. The molecule has 2 rings (SSSR count). The summed E-state index contributed by atoms with van der Waals surface area (Å²) in [4.78, 5) is 22.4. The molecule has 116 valence electrons. The molecule has 0 spiro atoms. The standard InChI is InChI=1S/C14H16N4O3S/c1-2-3-8-13-16-17-14(22-13)15-12(19)9-10-6-4-5-7-11(10)18(20)21/h4-7H,2-3,8-9H2,1H3,(H,15,17,19). The zero-order valence-electron chi connectivity index (χ0n) is 12.1. The van der Waals surface area contributed by atoms with E-state index in [1.807, 2.05) is 0 Å². The van der Waals surface area contributed by atoms with Crippen molar-refractivity contribution in [2.24, 2.45) is 0 Å². The zero-order valence-corrected chi connectivity index (χ0v) is 12.9. The van der Waals surface area contributed by atoms with Crippen LogP contribution in [0.3, 0.4) is 0 Å². The second kappa shape index (κ2) is 7.60. The number of hydrogen-bond donors (Lipinski definition) is 1. The van der Waals surface area contributed by atoms with Crippen molar-refractivity contribution in [1.29, 1.82) is 0 Å². The highest BCUT2D eigenvalue weighted by atomic mass is 32.1. The van der Waals surface area contributed by atoms with Gasteiger partial charge in [0.05, 0.1) is 11.3 Å². The van der Waals surface area contributed by atoms with Gasteiger partial charge in [-0.25, -0.2) is 0 Å². The van der Waals surface area contributed by atoms with Crippen LogP contribution in [0, 0.1) is 10.1 Å². The van der Waals surface area contributed by atoms with Gasteiger partial charge in [-0.15, -0.1) is 10.2 Å². The second-order valence-electron chi connectivity index (χ2n) is 4.72. The van der Waals surface area contributed by atoms with Crippen LogP contribution in [0.5, 0.6) is 0 Å². The number of hydrogen-bond acceptors (Lipinski definition) is 6. The number of nitrogens with zero attached hydrogens (tertiary/aromatic N) is 3. The van der Waals surface area contributed by atoms with Crippen LogP contribution in [0.15, 0.2) is 24.3 Å². The van der Waals surface area contributed by atoms with E-state index in [4.69, 9.17) is 0 Å². The van der Waals surface area contributed by atoms with E-state index in [-0.39, 0.29) is 18.0 Å². The van der Waals surface area contributed by atoms with E-state index in [9.17, 15) is 14.9 Å². The van der Waals surface area contributed by atoms with E-state index in [0.717, 1.165) is 24.3 Å². The molecule has 1 N–H and O–H groups in total. The van der Waals surface area contributed by atoms with Crippen molar-refractivity contribution in [3.8, 4) is 0 Å². The lowest BCUT2D eigenvalue weighted by molar-refractivity contribution is -0.385. The van der Waals surface area contributed by atoms with Gasteiger partial charge in [-0.3, -0.25) is 14.9 Å². The first-order valence-electron chi connectivity index (χ1n) is 6.94. The molecule has 0 atom stereocenters. The number of aryl methyl sites for hydroxylation is 1. The summed E-state index contributed by atoms with van der Waals surface area (Å²) in [6, 6.07) is 6.20. The van der Waals surface area contributed by atoms with Crippen LogP contribution in [0.2, 0.25) is 0 Å². The van der Waals surface area contributed by atoms with Crippen molar-refractivity contribution in [2.45, 2.75) is 32.6 Å². The minimum Gasteiger partial charge on any atom is -0.300 e. The Kier molecular flexibility index (Phi) is 5.54. The van der Waals surface area contributed by atoms with Gasteiger partial charge in [0.2, 0.25) is 11.0 Å². The third-order valence-electron chi connectivity index (χ3n) is 3.00. The lowest BCUT2D eigenvalue weighted by atomic mass is 10.1. The third-order valence-corrected chi connectivity index (χ3v) is 3.90. The van der Waals surface area contributed by atoms with Gasteiger partial charge in [-0.05, 0) is 6.42 Å². The Morgan fingerprint density at radius 2 is 2.14 bits per heavy atom. The lowest BCUT2D eigenvalue weighted by Crippen LogP contribution is -2.15. The van der Waals surface area contributed by atoms with Gasteiger partial charge in [0, 0.05) is 18.1 Å². The first kappa shape index (κ1) is 16.0. The Hall–Kier alpha value is -2.35. The summed E-state index contributed by atoms with van der Waals surface area (Å²) >= 11 is 1.33. The van der Waals surface area contributed by atoms with Gasteiger partial charge < -0.3 is 5.32 Å². The van der Waals surface area contributed by atoms with Gasteiger partial charge >= 0.3 is 0 Å². The monoisotopic (exact) mass is 320 g/mol. The molecule has 22 heavy (non-hydrogen) atoms. The molecule has 0 radical (unpaired) electrons. The van der Waals surface area contributed by atoms with Crippen molar-refractivity contribution < 1.29 is 9.72 Å². The molecule has 1 aromatic heterocycles. The summed E-state index contributed by atoms with van der Waals surface area (Å²) in [6.45, 7) is 2.09. The molecule has 0 fully saturated rings. The molecule has 0 aliphatic rings. The van der Waals surface area contributed by atoms with Crippen molar-refractivity contribution >= 4 is 28.1 Å². The van der Waals surface area contributed by atoms with Gasteiger partial charge in [0.1, 0.15) is 5.01 Å². The van der Waals surface area contributed by atoms with Crippen LogP contribution in [-0.4, -0.2) is 21.0 Å². The molecule has 0 unspecified atom stereocenters. The van der Waals surface area contributed by atoms with Crippen LogP contribution in [0.25, 0.3) is 0 Å². The summed E-state index contributed by atoms with van der Waals surface area (Å²) in [6.07, 6.45) is 2.87. The highest BCUT2D eigenvalue weighted by Gasteiger charge is 2.16. The Balaban J connectivity index is 1.98. The highest BCUT2D eigenvalue weighted by Crippen LogP contribution is 2.20. The topological polar surface area (TPSA) is 98.0 Å². The van der Waals surface area contributed by atoms with E-state index in [1.54, 1.807) is 18.2 Å². The number of rotatable bonds is 7. The lowest BCUT2D eigenvalue weighted by Gasteiger charge is -2.02. The quantitative estimate of drug-likeness (QED) is 0.624. The Bertz CT molecular complexity index is 672. The van der Waals surface area contributed by atoms with Crippen LogP contribution in [0.1, 0.15) is 30.3 Å². The molecule has 0 aliphatic carbocycles. The molecule has 0 bridgehead atoms. The molecular weight excluding hydrogens is 304 g/mol. The number of nitro groups is 1. The molecular formula is C14H16N4O3S. The van der Waals surface area contributed by atoms with Gasteiger partial charge in [-0.2, -0.15) is 0 Å². The SMILES string of the molecule is CCCCc1nnc(NC(=O)Cc2ccccc2[N+](=O)[O-])s1. The van der Waals surface area contributed by atoms with Crippen LogP contribution in [0.4, 0.5) is 10.8 Å². The molecule has 1 heterocycles. The zero-order chi connectivity index (χ0) is 15.9. The molecule has 8 heteroatoms. The van der Waals surface area contributed by atoms with E-state index in [2.05, 4.69) is 22.4 Å². The maximum absolute atomic E-state index is 12.0. The molecule has 2 aromatic rings. The Morgan fingerprint density at radius 1 is 1.36 bits per heavy atom. The second-order valence-corrected chi connectivity index (χ2v) is 5.78. The van der Waals surface area contributed by atoms with Gasteiger partial charge in [-0.1, -0.05) is 42.9 Å². The molecule has 0 saturated heterocycles. The number of carbonyl (C=O) groups excluding carboxylic acids is 1. The fraction of sp³-hybridized carbons (Fsp3) is 0.357. The van der Waals surface area contributed by atoms with E-state index < -0.39 is 4.92 Å². The predicted molar refractivity (Wildman–Crippen MR) is 84.0 cm³/mol. The average Bonchev–Trinajstić information content (AvgIpc) is 2.92. The number of carbonyl (C=O) groups is 1. The highest BCUT2D eigenvalue weighted by molar-refractivity contribution is 7.15. The molecule has 7 nitrogen and oxygen atoms in total. The number of para-hydroxylation sites is 1. The predicted octanol–water partition coefficient (Wildman–Crippen LogP) is 2.97. The van der Waals surface area contributed by atoms with Crippen molar-refractivity contribution in [3.05, 3.63) is 45.0 Å². The summed E-state index contributed by atoms with van der Waals surface area (Å²) < 4.78 is 0. The van der Waals surface area contributed by atoms with E-state index >= 15 is 0 Å². The summed E-state index contributed by atoms with van der Waals surface area (Å²) in [5.74, 6) is -0.340. The molecule has 1 amide bonds. The van der Waals surface area contributed by atoms with Crippen molar-refractivity contribution in [3.63, 3.8) is 0 Å². The number of nitro benzene ring substituents is 1. The largest absolute Gasteiger partial charge is 0.300 e. The van der Waals surface area contributed by atoms with Crippen LogP contribution in [-0.2, 0) is 17.6 Å². The number of amides is 1. The number of benzene rings is 1. The fourth-order valence-corrected chi connectivity index (χ4v) is 2.71. The molecule has 0 saturated carbocycles. The van der Waals surface area contributed by atoms with Gasteiger partial charge in [0.25, 0.3) is 5.69 Å². The maximum Gasteiger partial charge on any atom is 0.273 e. The summed E-state index contributed by atoms with van der Waals surface area (Å²) in [5, 5.41) is 22.8. The Morgan fingerprint density at radius 3 is 2.86 bits per heavy atom. The number of nitrogens with one attached hydrogen (secondary N) is 1. The summed E-state index contributed by atoms with van der Waals surface area (Å²) in [7, 11) is 0. The van der Waals surface area contributed by atoms with E-state index in [1.165, 1.54) is 17.4 Å². The summed E-state index contributed by atoms with van der Waals surface area (Å²) in [5.41, 5.74) is 0.319. The molecule has 0 aliphatic heterocycles. The van der Waals surface area contributed by atoms with Crippen molar-refractivity contribution in [2.75, 3.05) is 5.32 Å². The van der Waals surface area contributed by atoms with Gasteiger partial charge in [0.15, 0.2) is 0 Å².